The average molecular weight is 334 g/mol. The third-order valence-corrected chi connectivity index (χ3v) is 5.18. The molecule has 0 unspecified atom stereocenters. The molecule has 132 valence electrons. The zero-order valence-electron chi connectivity index (χ0n) is 14.5. The van der Waals surface area contributed by atoms with E-state index < -0.39 is 0 Å². The number of piperidine rings is 2. The molecular formula is C17H26N4O3. The molecule has 0 N–H and O–H groups in total. The summed E-state index contributed by atoms with van der Waals surface area (Å²) in [6.45, 7) is 6.32. The Balaban J connectivity index is 1.49. The fourth-order valence-electron chi connectivity index (χ4n) is 3.76. The van der Waals surface area contributed by atoms with Crippen LogP contribution in [0, 0.1) is 18.8 Å². The lowest BCUT2D eigenvalue weighted by Crippen LogP contribution is -2.48. The molecule has 0 bridgehead atoms. The van der Waals surface area contributed by atoms with Crippen LogP contribution in [0.5, 0.6) is 0 Å². The molecule has 1 aromatic heterocycles. The van der Waals surface area contributed by atoms with Gasteiger partial charge in [0, 0.05) is 46.4 Å². The molecule has 7 nitrogen and oxygen atoms in total. The summed E-state index contributed by atoms with van der Waals surface area (Å²) in [6, 6.07) is 0. The van der Waals surface area contributed by atoms with Gasteiger partial charge in [0.25, 0.3) is 0 Å². The van der Waals surface area contributed by atoms with Crippen LogP contribution in [-0.2, 0) is 16.0 Å². The summed E-state index contributed by atoms with van der Waals surface area (Å²) in [6.07, 6.45) is 4.58. The Labute approximate surface area is 142 Å². The number of aryl methyl sites for hydroxylation is 1. The number of rotatable bonds is 3. The van der Waals surface area contributed by atoms with E-state index in [1.165, 1.54) is 0 Å². The van der Waals surface area contributed by atoms with Gasteiger partial charge in [-0.2, -0.15) is 4.98 Å². The third-order valence-electron chi connectivity index (χ3n) is 5.18. The van der Waals surface area contributed by atoms with E-state index in [2.05, 4.69) is 10.1 Å². The Bertz CT molecular complexity index is 592. The highest BCUT2D eigenvalue weighted by Gasteiger charge is 2.32. The molecule has 0 radical (unpaired) electrons. The van der Waals surface area contributed by atoms with Crippen molar-refractivity contribution < 1.29 is 14.1 Å². The number of nitrogens with zero attached hydrogens (tertiary/aromatic N) is 4. The first-order chi connectivity index (χ1) is 11.5. The van der Waals surface area contributed by atoms with Crippen LogP contribution in [0.25, 0.3) is 0 Å². The van der Waals surface area contributed by atoms with Crippen molar-refractivity contribution in [2.75, 3.05) is 26.2 Å². The molecular weight excluding hydrogens is 308 g/mol. The van der Waals surface area contributed by atoms with Gasteiger partial charge < -0.3 is 14.3 Å². The zero-order valence-corrected chi connectivity index (χ0v) is 14.5. The maximum atomic E-state index is 12.7. The van der Waals surface area contributed by atoms with Crippen molar-refractivity contribution in [3.63, 3.8) is 0 Å². The summed E-state index contributed by atoms with van der Waals surface area (Å²) in [5.41, 5.74) is 0. The molecule has 0 aromatic carbocycles. The van der Waals surface area contributed by atoms with E-state index in [1.807, 2.05) is 4.90 Å². The van der Waals surface area contributed by atoms with E-state index in [1.54, 1.807) is 18.7 Å². The lowest BCUT2D eigenvalue weighted by molar-refractivity contribution is -0.141. The van der Waals surface area contributed by atoms with Gasteiger partial charge in [-0.15, -0.1) is 0 Å². The van der Waals surface area contributed by atoms with Crippen LogP contribution < -0.4 is 0 Å². The molecule has 0 spiro atoms. The molecule has 3 heterocycles. The van der Waals surface area contributed by atoms with E-state index in [4.69, 9.17) is 4.52 Å². The summed E-state index contributed by atoms with van der Waals surface area (Å²) in [5.74, 6) is 2.13. The van der Waals surface area contributed by atoms with Crippen molar-refractivity contribution in [1.82, 2.24) is 19.9 Å². The minimum absolute atomic E-state index is 0.0287. The van der Waals surface area contributed by atoms with Gasteiger partial charge in [0.1, 0.15) is 0 Å². The van der Waals surface area contributed by atoms with Crippen molar-refractivity contribution >= 4 is 11.8 Å². The number of likely N-dealkylation sites (tertiary alicyclic amines) is 2. The Morgan fingerprint density at radius 1 is 1.17 bits per heavy atom. The SMILES string of the molecule is CC(=O)N1CCC[C@H](C(=O)N2CCC(Cc3noc(C)n3)CC2)C1. The molecule has 2 amide bonds. The van der Waals surface area contributed by atoms with Crippen LogP contribution in [0.4, 0.5) is 0 Å². The molecule has 24 heavy (non-hydrogen) atoms. The van der Waals surface area contributed by atoms with Crippen LogP contribution >= 0.6 is 0 Å². The second-order valence-electron chi connectivity index (χ2n) is 7.01. The topological polar surface area (TPSA) is 79.5 Å². The van der Waals surface area contributed by atoms with E-state index in [0.29, 0.717) is 18.4 Å². The predicted octanol–water partition coefficient (Wildman–Crippen LogP) is 1.42. The number of carbonyl (C=O) groups is 2. The first kappa shape index (κ1) is 16.9. The van der Waals surface area contributed by atoms with Crippen LogP contribution in [0.3, 0.4) is 0 Å². The highest BCUT2D eigenvalue weighted by molar-refractivity contribution is 5.80. The molecule has 2 fully saturated rings. The quantitative estimate of drug-likeness (QED) is 0.835. The molecule has 3 rings (SSSR count). The number of hydrogen-bond acceptors (Lipinski definition) is 5. The van der Waals surface area contributed by atoms with Gasteiger partial charge >= 0.3 is 0 Å². The van der Waals surface area contributed by atoms with E-state index in [-0.39, 0.29) is 17.7 Å². The van der Waals surface area contributed by atoms with E-state index in [0.717, 1.165) is 57.6 Å². The smallest absolute Gasteiger partial charge is 0.227 e. The average Bonchev–Trinajstić information content (AvgIpc) is 3.00. The minimum atomic E-state index is -0.0287. The third kappa shape index (κ3) is 3.94. The van der Waals surface area contributed by atoms with Crippen LogP contribution in [0.15, 0.2) is 4.52 Å². The van der Waals surface area contributed by atoms with Crippen molar-refractivity contribution in [1.29, 1.82) is 0 Å². The van der Waals surface area contributed by atoms with Crippen LogP contribution in [-0.4, -0.2) is 57.9 Å². The second-order valence-corrected chi connectivity index (χ2v) is 7.01. The number of amides is 2. The Morgan fingerprint density at radius 2 is 1.92 bits per heavy atom. The zero-order chi connectivity index (χ0) is 17.1. The Morgan fingerprint density at radius 3 is 2.54 bits per heavy atom. The normalized spacial score (nSPS) is 22.7. The second kappa shape index (κ2) is 7.32. The summed E-state index contributed by atoms with van der Waals surface area (Å²) in [4.78, 5) is 32.3. The van der Waals surface area contributed by atoms with E-state index >= 15 is 0 Å². The van der Waals surface area contributed by atoms with Gasteiger partial charge in [-0.3, -0.25) is 9.59 Å². The first-order valence-electron chi connectivity index (χ1n) is 8.86. The van der Waals surface area contributed by atoms with E-state index in [9.17, 15) is 9.59 Å². The molecule has 1 aromatic rings. The standard InChI is InChI=1S/C17H26N4O3/c1-12-18-16(19-24-12)10-14-5-8-20(9-6-14)17(23)15-4-3-7-21(11-15)13(2)22/h14-15H,3-11H2,1-2H3/t15-/m0/s1. The molecule has 1 atom stereocenters. The first-order valence-corrected chi connectivity index (χ1v) is 8.86. The van der Waals surface area contributed by atoms with Gasteiger partial charge in [0.15, 0.2) is 5.82 Å². The van der Waals surface area contributed by atoms with Crippen molar-refractivity contribution in [2.24, 2.45) is 11.8 Å². The van der Waals surface area contributed by atoms with Crippen LogP contribution in [0.1, 0.15) is 44.3 Å². The fourth-order valence-corrected chi connectivity index (χ4v) is 3.76. The van der Waals surface area contributed by atoms with Crippen molar-refractivity contribution in [2.45, 2.75) is 46.0 Å². The molecule has 0 saturated carbocycles. The van der Waals surface area contributed by atoms with Gasteiger partial charge in [0.05, 0.1) is 5.92 Å². The van der Waals surface area contributed by atoms with Crippen molar-refractivity contribution in [3.05, 3.63) is 11.7 Å². The summed E-state index contributed by atoms with van der Waals surface area (Å²) in [5, 5.41) is 3.96. The molecule has 7 heteroatoms. The van der Waals surface area contributed by atoms with Gasteiger partial charge in [-0.1, -0.05) is 5.16 Å². The largest absolute Gasteiger partial charge is 0.342 e. The number of hydrogen-bond donors (Lipinski definition) is 0. The lowest BCUT2D eigenvalue weighted by Gasteiger charge is -2.37. The minimum Gasteiger partial charge on any atom is -0.342 e. The molecule has 2 aliphatic rings. The fraction of sp³-hybridized carbons (Fsp3) is 0.765. The summed E-state index contributed by atoms with van der Waals surface area (Å²) < 4.78 is 5.02. The monoisotopic (exact) mass is 334 g/mol. The maximum absolute atomic E-state index is 12.7. The van der Waals surface area contributed by atoms with Crippen LogP contribution in [0.2, 0.25) is 0 Å². The maximum Gasteiger partial charge on any atom is 0.227 e. The number of carbonyl (C=O) groups excluding carboxylic acids is 2. The summed E-state index contributed by atoms with van der Waals surface area (Å²) >= 11 is 0. The molecule has 0 aliphatic carbocycles. The van der Waals surface area contributed by atoms with Gasteiger partial charge in [-0.25, -0.2) is 0 Å². The van der Waals surface area contributed by atoms with Gasteiger partial charge in [0.2, 0.25) is 17.7 Å². The Hall–Kier alpha value is -1.92. The van der Waals surface area contributed by atoms with Crippen molar-refractivity contribution in [3.8, 4) is 0 Å². The Kier molecular flexibility index (Phi) is 5.16. The molecule has 2 saturated heterocycles. The number of aromatic nitrogens is 2. The lowest BCUT2D eigenvalue weighted by atomic mass is 9.91. The van der Waals surface area contributed by atoms with Gasteiger partial charge in [-0.05, 0) is 31.6 Å². The highest BCUT2D eigenvalue weighted by atomic mass is 16.5. The molecule has 2 aliphatic heterocycles. The highest BCUT2D eigenvalue weighted by Crippen LogP contribution is 2.24. The predicted molar refractivity (Wildman–Crippen MR) is 87.0 cm³/mol. The summed E-state index contributed by atoms with van der Waals surface area (Å²) in [7, 11) is 0.